The summed E-state index contributed by atoms with van der Waals surface area (Å²) in [5.41, 5.74) is 4.70. The largest absolute Gasteiger partial charge is 0.486 e. The molecule has 6 aromatic rings. The highest BCUT2D eigenvalue weighted by atomic mass is 35.5. The average Bonchev–Trinajstić information content (AvgIpc) is 3.51. The number of hydrogen-bond acceptors (Lipinski definition) is 5. The number of carbonyl (C=O) groups is 1. The van der Waals surface area contributed by atoms with E-state index in [-0.39, 0.29) is 18.4 Å². The van der Waals surface area contributed by atoms with Crippen molar-refractivity contribution in [3.63, 3.8) is 0 Å². The predicted octanol–water partition coefficient (Wildman–Crippen LogP) is 8.83. The summed E-state index contributed by atoms with van der Waals surface area (Å²) in [6.07, 6.45) is 1.75. The molecule has 5 nitrogen and oxygen atoms in total. The molecular weight excluding hydrogens is 588 g/mol. The fourth-order valence-electron chi connectivity index (χ4n) is 5.17. The van der Waals surface area contributed by atoms with Gasteiger partial charge in [-0.3, -0.25) is 9.78 Å². The number of fused-ring (bicyclic) bond motifs is 1. The SMILES string of the molecule is Cc1ccc(-c2cccc(C(CNC(=O)COc3ccccc3)c3cc(Cl)c4cccnc4c3OCc3ccccc3)c2)s1. The normalized spacial score (nSPS) is 11.7. The first kappa shape index (κ1) is 29.4. The summed E-state index contributed by atoms with van der Waals surface area (Å²) in [6.45, 7) is 2.68. The predicted molar refractivity (Wildman–Crippen MR) is 179 cm³/mol. The Balaban J connectivity index is 1.39. The molecular formula is C37H31ClN2O3S. The van der Waals surface area contributed by atoms with Gasteiger partial charge in [-0.2, -0.15) is 0 Å². The minimum absolute atomic E-state index is 0.0946. The van der Waals surface area contributed by atoms with E-state index in [2.05, 4.69) is 48.6 Å². The Bertz CT molecular complexity index is 1880. The Kier molecular flexibility index (Phi) is 9.20. The number of halogens is 1. The highest BCUT2D eigenvalue weighted by Crippen LogP contribution is 2.41. The van der Waals surface area contributed by atoms with Crippen LogP contribution >= 0.6 is 22.9 Å². The lowest BCUT2D eigenvalue weighted by Crippen LogP contribution is -2.33. The summed E-state index contributed by atoms with van der Waals surface area (Å²) in [5.74, 6) is 0.778. The van der Waals surface area contributed by atoms with Crippen molar-refractivity contribution < 1.29 is 14.3 Å². The lowest BCUT2D eigenvalue weighted by atomic mass is 9.88. The van der Waals surface area contributed by atoms with Crippen LogP contribution in [0.2, 0.25) is 5.02 Å². The van der Waals surface area contributed by atoms with Gasteiger partial charge in [0.2, 0.25) is 0 Å². The number of aromatic nitrogens is 1. The van der Waals surface area contributed by atoms with E-state index >= 15 is 0 Å². The zero-order chi connectivity index (χ0) is 30.3. The van der Waals surface area contributed by atoms with Crippen molar-refractivity contribution in [2.24, 2.45) is 0 Å². The number of rotatable bonds is 11. The van der Waals surface area contributed by atoms with Gasteiger partial charge in [0, 0.05) is 39.4 Å². The molecule has 0 saturated heterocycles. The quantitative estimate of drug-likeness (QED) is 0.158. The van der Waals surface area contributed by atoms with Gasteiger partial charge < -0.3 is 14.8 Å². The van der Waals surface area contributed by atoms with Gasteiger partial charge in [-0.25, -0.2) is 0 Å². The van der Waals surface area contributed by atoms with E-state index in [9.17, 15) is 4.79 Å². The maximum Gasteiger partial charge on any atom is 0.257 e. The molecule has 6 rings (SSSR count). The van der Waals surface area contributed by atoms with Gasteiger partial charge in [0.1, 0.15) is 23.6 Å². The van der Waals surface area contributed by atoms with Crippen LogP contribution in [0.3, 0.4) is 0 Å². The molecule has 0 aliphatic carbocycles. The van der Waals surface area contributed by atoms with Crippen LogP contribution in [0, 0.1) is 6.92 Å². The van der Waals surface area contributed by atoms with Gasteiger partial charge in [0.05, 0.1) is 5.02 Å². The van der Waals surface area contributed by atoms with E-state index in [1.807, 2.05) is 78.9 Å². The number of aryl methyl sites for hydroxylation is 1. The Morgan fingerprint density at radius 3 is 2.45 bits per heavy atom. The molecule has 4 aromatic carbocycles. The van der Waals surface area contributed by atoms with E-state index in [1.54, 1.807) is 17.5 Å². The van der Waals surface area contributed by atoms with Crippen molar-refractivity contribution in [1.82, 2.24) is 10.3 Å². The first-order chi connectivity index (χ1) is 21.5. The van der Waals surface area contributed by atoms with Crippen molar-refractivity contribution in [3.8, 4) is 21.9 Å². The minimum Gasteiger partial charge on any atom is -0.486 e. The number of para-hydroxylation sites is 1. The second kappa shape index (κ2) is 13.8. The molecule has 2 aromatic heterocycles. The van der Waals surface area contributed by atoms with Crippen molar-refractivity contribution >= 4 is 39.7 Å². The summed E-state index contributed by atoms with van der Waals surface area (Å²) in [7, 11) is 0. The molecule has 220 valence electrons. The number of carbonyl (C=O) groups excluding carboxylic acids is 1. The fraction of sp³-hybridized carbons (Fsp3) is 0.135. The molecule has 44 heavy (non-hydrogen) atoms. The zero-order valence-electron chi connectivity index (χ0n) is 24.2. The molecule has 0 aliphatic rings. The van der Waals surface area contributed by atoms with E-state index < -0.39 is 0 Å². The summed E-state index contributed by atoms with van der Waals surface area (Å²) in [6, 6.07) is 37.8. The minimum atomic E-state index is -0.286. The highest BCUT2D eigenvalue weighted by Gasteiger charge is 2.24. The first-order valence-electron chi connectivity index (χ1n) is 14.4. The first-order valence-corrected chi connectivity index (χ1v) is 15.6. The van der Waals surface area contributed by atoms with Crippen molar-refractivity contribution in [2.45, 2.75) is 19.4 Å². The number of nitrogens with zero attached hydrogens (tertiary/aromatic N) is 1. The van der Waals surface area contributed by atoms with Gasteiger partial charge in [0.15, 0.2) is 6.61 Å². The maximum absolute atomic E-state index is 13.0. The second-order valence-corrected chi connectivity index (χ2v) is 12.1. The van der Waals surface area contributed by atoms with Crippen LogP contribution in [0.5, 0.6) is 11.5 Å². The van der Waals surface area contributed by atoms with Gasteiger partial charge in [0.25, 0.3) is 5.91 Å². The summed E-state index contributed by atoms with van der Waals surface area (Å²) < 4.78 is 12.3. The standard InChI is InChI=1S/C37H31ClN2O3S/c1-25-17-18-34(44-25)28-13-8-12-27(20-28)32(22-40-35(41)24-42-29-14-6-3-7-15-29)31-21-33(38)30-16-9-19-39-36(30)37(31)43-23-26-10-4-2-5-11-26/h2-21,32H,22-24H2,1H3,(H,40,41). The van der Waals surface area contributed by atoms with E-state index in [4.69, 9.17) is 26.1 Å². The molecule has 0 saturated carbocycles. The number of hydrogen-bond donors (Lipinski definition) is 1. The van der Waals surface area contributed by atoms with Crippen LogP contribution in [0.15, 0.2) is 121 Å². The molecule has 0 bridgehead atoms. The smallest absolute Gasteiger partial charge is 0.257 e. The van der Waals surface area contributed by atoms with Gasteiger partial charge in [-0.15, -0.1) is 11.3 Å². The summed E-state index contributed by atoms with van der Waals surface area (Å²) in [4.78, 5) is 20.2. The molecule has 7 heteroatoms. The third kappa shape index (κ3) is 6.94. The topological polar surface area (TPSA) is 60.5 Å². The molecule has 1 N–H and O–H groups in total. The Hall–Kier alpha value is -4.65. The third-order valence-corrected chi connectivity index (χ3v) is 8.72. The molecule has 0 radical (unpaired) electrons. The molecule has 2 heterocycles. The van der Waals surface area contributed by atoms with Crippen LogP contribution in [0.4, 0.5) is 0 Å². The number of pyridine rings is 1. The average molecular weight is 619 g/mol. The summed E-state index contributed by atoms with van der Waals surface area (Å²) in [5, 5.41) is 4.48. The van der Waals surface area contributed by atoms with E-state index in [1.165, 1.54) is 9.75 Å². The van der Waals surface area contributed by atoms with Crippen molar-refractivity contribution in [3.05, 3.63) is 148 Å². The second-order valence-electron chi connectivity index (χ2n) is 10.4. The van der Waals surface area contributed by atoms with Crippen LogP contribution in [0.1, 0.15) is 27.5 Å². The number of amides is 1. The van der Waals surface area contributed by atoms with Crippen molar-refractivity contribution in [2.75, 3.05) is 13.2 Å². The monoisotopic (exact) mass is 618 g/mol. The highest BCUT2D eigenvalue weighted by molar-refractivity contribution is 7.15. The zero-order valence-corrected chi connectivity index (χ0v) is 25.8. The third-order valence-electron chi connectivity index (χ3n) is 7.36. The molecule has 1 atom stereocenters. The Labute approximate surface area is 266 Å². The number of thiophene rings is 1. The van der Waals surface area contributed by atoms with Crippen LogP contribution in [0.25, 0.3) is 21.3 Å². The lowest BCUT2D eigenvalue weighted by Gasteiger charge is -2.24. The maximum atomic E-state index is 13.0. The number of nitrogens with one attached hydrogen (secondary N) is 1. The molecule has 0 fully saturated rings. The summed E-state index contributed by atoms with van der Waals surface area (Å²) >= 11 is 8.64. The van der Waals surface area contributed by atoms with Crippen LogP contribution in [-0.2, 0) is 11.4 Å². The van der Waals surface area contributed by atoms with Gasteiger partial charge in [-0.05, 0) is 72.1 Å². The lowest BCUT2D eigenvalue weighted by molar-refractivity contribution is -0.123. The van der Waals surface area contributed by atoms with E-state index in [0.29, 0.717) is 35.2 Å². The van der Waals surface area contributed by atoms with Crippen LogP contribution < -0.4 is 14.8 Å². The van der Waals surface area contributed by atoms with Gasteiger partial charge >= 0.3 is 0 Å². The van der Waals surface area contributed by atoms with Crippen molar-refractivity contribution in [1.29, 1.82) is 0 Å². The molecule has 1 unspecified atom stereocenters. The Morgan fingerprint density at radius 1 is 0.886 bits per heavy atom. The van der Waals surface area contributed by atoms with Gasteiger partial charge in [-0.1, -0.05) is 78.3 Å². The fourth-order valence-corrected chi connectivity index (χ4v) is 6.31. The number of ether oxygens (including phenoxy) is 2. The Morgan fingerprint density at radius 2 is 1.68 bits per heavy atom. The van der Waals surface area contributed by atoms with E-state index in [0.717, 1.165) is 27.6 Å². The molecule has 0 spiro atoms. The van der Waals surface area contributed by atoms with Crippen LogP contribution in [-0.4, -0.2) is 24.0 Å². The molecule has 1 amide bonds. The number of benzene rings is 4. The molecule has 0 aliphatic heterocycles.